The molecule has 0 aromatic heterocycles. The average molecular weight is 240 g/mol. The standard InChI is InChI=1S/C10H12N2O3S/c1-12-10-4-2-3-8(6-10)5-9(11)7-16(13,14)15/h2-4,6,9H,5,7,11H2,(H,13,14,15)/t9-/m1/s1. The first kappa shape index (κ1) is 12.6. The van der Waals surface area contributed by atoms with Gasteiger partial charge in [0.15, 0.2) is 5.69 Å². The Morgan fingerprint density at radius 3 is 2.75 bits per heavy atom. The van der Waals surface area contributed by atoms with Crippen LogP contribution in [-0.4, -0.2) is 24.8 Å². The van der Waals surface area contributed by atoms with E-state index in [0.717, 1.165) is 5.56 Å². The van der Waals surface area contributed by atoms with Gasteiger partial charge in [-0.15, -0.1) is 0 Å². The summed E-state index contributed by atoms with van der Waals surface area (Å²) >= 11 is 0. The molecule has 1 aromatic carbocycles. The van der Waals surface area contributed by atoms with Crippen molar-refractivity contribution in [2.75, 3.05) is 5.75 Å². The van der Waals surface area contributed by atoms with Crippen molar-refractivity contribution in [2.45, 2.75) is 12.5 Å². The minimum atomic E-state index is -4.04. The Balaban J connectivity index is 2.70. The Morgan fingerprint density at radius 2 is 2.19 bits per heavy atom. The molecule has 16 heavy (non-hydrogen) atoms. The summed E-state index contributed by atoms with van der Waals surface area (Å²) in [4.78, 5) is 3.25. The molecule has 0 spiro atoms. The summed E-state index contributed by atoms with van der Waals surface area (Å²) in [5, 5.41) is 0. The molecule has 86 valence electrons. The summed E-state index contributed by atoms with van der Waals surface area (Å²) in [6.45, 7) is 6.82. The third-order valence-corrected chi connectivity index (χ3v) is 2.81. The van der Waals surface area contributed by atoms with Gasteiger partial charge in [0.1, 0.15) is 0 Å². The van der Waals surface area contributed by atoms with E-state index in [4.69, 9.17) is 16.9 Å². The maximum atomic E-state index is 10.6. The van der Waals surface area contributed by atoms with Crippen molar-refractivity contribution in [1.82, 2.24) is 0 Å². The van der Waals surface area contributed by atoms with E-state index in [1.54, 1.807) is 24.3 Å². The molecule has 0 aliphatic carbocycles. The van der Waals surface area contributed by atoms with Crippen LogP contribution in [0.4, 0.5) is 5.69 Å². The van der Waals surface area contributed by atoms with Gasteiger partial charge in [-0.25, -0.2) is 4.85 Å². The number of benzene rings is 1. The van der Waals surface area contributed by atoms with Crippen LogP contribution in [0.5, 0.6) is 0 Å². The molecule has 1 atom stereocenters. The Hall–Kier alpha value is -1.42. The first-order valence-electron chi connectivity index (χ1n) is 4.58. The molecule has 0 saturated carbocycles. The first-order valence-corrected chi connectivity index (χ1v) is 6.19. The summed E-state index contributed by atoms with van der Waals surface area (Å²) in [5.74, 6) is -0.477. The lowest BCUT2D eigenvalue weighted by atomic mass is 10.1. The molecule has 1 aromatic rings. The van der Waals surface area contributed by atoms with Crippen molar-refractivity contribution in [3.63, 3.8) is 0 Å². The third-order valence-electron chi connectivity index (χ3n) is 1.96. The van der Waals surface area contributed by atoms with Gasteiger partial charge in [0.2, 0.25) is 0 Å². The Bertz CT molecular complexity index is 505. The predicted octanol–water partition coefficient (Wildman–Crippen LogP) is 0.995. The van der Waals surface area contributed by atoms with Crippen LogP contribution in [0, 0.1) is 6.57 Å². The zero-order chi connectivity index (χ0) is 12.2. The molecular formula is C10H12N2O3S. The molecule has 0 amide bonds. The molecule has 0 heterocycles. The number of hydrogen-bond acceptors (Lipinski definition) is 3. The Kier molecular flexibility index (Phi) is 4.01. The third kappa shape index (κ3) is 4.40. The summed E-state index contributed by atoms with van der Waals surface area (Å²) in [7, 11) is -4.04. The lowest BCUT2D eigenvalue weighted by Gasteiger charge is -2.09. The van der Waals surface area contributed by atoms with Crippen LogP contribution in [0.2, 0.25) is 0 Å². The van der Waals surface area contributed by atoms with Crippen molar-refractivity contribution in [1.29, 1.82) is 0 Å². The van der Waals surface area contributed by atoms with E-state index in [1.807, 2.05) is 0 Å². The molecule has 0 aliphatic heterocycles. The second-order valence-corrected chi connectivity index (χ2v) is 4.99. The fourth-order valence-electron chi connectivity index (χ4n) is 1.39. The average Bonchev–Trinajstić information content (AvgIpc) is 2.15. The van der Waals surface area contributed by atoms with Crippen molar-refractivity contribution in [2.24, 2.45) is 5.73 Å². The lowest BCUT2D eigenvalue weighted by Crippen LogP contribution is -2.31. The molecular weight excluding hydrogens is 228 g/mol. The van der Waals surface area contributed by atoms with E-state index in [2.05, 4.69) is 4.85 Å². The molecule has 0 radical (unpaired) electrons. The van der Waals surface area contributed by atoms with Crippen LogP contribution in [0.3, 0.4) is 0 Å². The number of hydrogen-bond donors (Lipinski definition) is 2. The predicted molar refractivity (Wildman–Crippen MR) is 60.8 cm³/mol. The minimum Gasteiger partial charge on any atom is -0.326 e. The monoisotopic (exact) mass is 240 g/mol. The topological polar surface area (TPSA) is 84.8 Å². The van der Waals surface area contributed by atoms with Gasteiger partial charge in [-0.3, -0.25) is 4.55 Å². The maximum Gasteiger partial charge on any atom is 0.266 e. The minimum absolute atomic E-state index is 0.309. The lowest BCUT2D eigenvalue weighted by molar-refractivity contribution is 0.476. The van der Waals surface area contributed by atoms with Gasteiger partial charge < -0.3 is 5.73 Å². The Morgan fingerprint density at radius 1 is 1.50 bits per heavy atom. The normalized spacial score (nSPS) is 13.1. The molecule has 3 N–H and O–H groups in total. The van der Waals surface area contributed by atoms with Gasteiger partial charge in [0, 0.05) is 6.04 Å². The molecule has 1 rings (SSSR count). The van der Waals surface area contributed by atoms with Crippen LogP contribution in [0.1, 0.15) is 5.56 Å². The SMILES string of the molecule is [C-]#[N+]c1cccc(C[C@@H](N)CS(=O)(=O)O)c1. The summed E-state index contributed by atoms with van der Waals surface area (Å²) in [6.07, 6.45) is 0.309. The highest BCUT2D eigenvalue weighted by molar-refractivity contribution is 7.85. The van der Waals surface area contributed by atoms with E-state index >= 15 is 0 Å². The van der Waals surface area contributed by atoms with Gasteiger partial charge in [-0.05, 0) is 6.42 Å². The smallest absolute Gasteiger partial charge is 0.266 e. The van der Waals surface area contributed by atoms with Gasteiger partial charge in [-0.2, -0.15) is 8.42 Å². The fourth-order valence-corrected chi connectivity index (χ4v) is 2.04. The zero-order valence-electron chi connectivity index (χ0n) is 8.50. The first-order chi connectivity index (χ1) is 7.40. The van der Waals surface area contributed by atoms with E-state index < -0.39 is 21.9 Å². The summed E-state index contributed by atoms with van der Waals surface area (Å²) in [6, 6.07) is 6.11. The number of nitrogens with zero attached hydrogens (tertiary/aromatic N) is 1. The number of rotatable bonds is 4. The zero-order valence-corrected chi connectivity index (χ0v) is 9.31. The van der Waals surface area contributed by atoms with Crippen molar-refractivity contribution in [3.05, 3.63) is 41.2 Å². The molecule has 6 heteroatoms. The maximum absolute atomic E-state index is 10.6. The molecule has 0 unspecified atom stereocenters. The van der Waals surface area contributed by atoms with E-state index in [9.17, 15) is 8.42 Å². The van der Waals surface area contributed by atoms with Gasteiger partial charge >= 0.3 is 0 Å². The van der Waals surface area contributed by atoms with Crippen LogP contribution in [0.15, 0.2) is 24.3 Å². The highest BCUT2D eigenvalue weighted by Crippen LogP contribution is 2.14. The summed E-state index contributed by atoms with van der Waals surface area (Å²) < 4.78 is 29.8. The second kappa shape index (κ2) is 5.07. The highest BCUT2D eigenvalue weighted by Gasteiger charge is 2.13. The Labute approximate surface area is 94.5 Å². The van der Waals surface area contributed by atoms with Crippen LogP contribution in [-0.2, 0) is 16.5 Å². The molecule has 0 aliphatic rings. The highest BCUT2D eigenvalue weighted by atomic mass is 32.2. The second-order valence-electron chi connectivity index (χ2n) is 3.49. The van der Waals surface area contributed by atoms with Gasteiger partial charge in [0.25, 0.3) is 10.1 Å². The molecule has 0 fully saturated rings. The van der Waals surface area contributed by atoms with Gasteiger partial charge in [0.05, 0.1) is 12.3 Å². The van der Waals surface area contributed by atoms with Crippen LogP contribution >= 0.6 is 0 Å². The molecule has 0 saturated heterocycles. The fraction of sp³-hybridized carbons (Fsp3) is 0.300. The summed E-state index contributed by atoms with van der Waals surface area (Å²) in [5.41, 5.74) is 6.83. The molecule has 5 nitrogen and oxygen atoms in total. The van der Waals surface area contributed by atoms with E-state index in [0.29, 0.717) is 12.1 Å². The van der Waals surface area contributed by atoms with Gasteiger partial charge in [-0.1, -0.05) is 29.8 Å². The molecule has 0 bridgehead atoms. The van der Waals surface area contributed by atoms with Crippen molar-refractivity contribution in [3.8, 4) is 0 Å². The van der Waals surface area contributed by atoms with E-state index in [-0.39, 0.29) is 0 Å². The van der Waals surface area contributed by atoms with Crippen LogP contribution < -0.4 is 5.73 Å². The quantitative estimate of drug-likeness (QED) is 0.607. The van der Waals surface area contributed by atoms with E-state index in [1.165, 1.54) is 0 Å². The largest absolute Gasteiger partial charge is 0.326 e. The van der Waals surface area contributed by atoms with Crippen LogP contribution in [0.25, 0.3) is 4.85 Å². The van der Waals surface area contributed by atoms with Crippen molar-refractivity contribution >= 4 is 15.8 Å². The number of nitrogens with two attached hydrogens (primary N) is 1. The van der Waals surface area contributed by atoms with Crippen molar-refractivity contribution < 1.29 is 13.0 Å².